The Morgan fingerprint density at radius 1 is 1.11 bits per heavy atom. The summed E-state index contributed by atoms with van der Waals surface area (Å²) in [5, 5.41) is 34.0. The Hall–Kier alpha value is -2.16. The lowest BCUT2D eigenvalue weighted by atomic mass is 9.46. The van der Waals surface area contributed by atoms with Gasteiger partial charge in [-0.1, -0.05) is 32.0 Å². The molecule has 8 heteroatoms. The zero-order valence-electron chi connectivity index (χ0n) is 20.9. The van der Waals surface area contributed by atoms with E-state index in [0.717, 1.165) is 12.8 Å². The summed E-state index contributed by atoms with van der Waals surface area (Å²) in [6.07, 6.45) is 2.78. The molecule has 1 aromatic carbocycles. The van der Waals surface area contributed by atoms with E-state index >= 15 is 0 Å². The molecule has 1 saturated heterocycles. The molecule has 0 radical (unpaired) electrons. The van der Waals surface area contributed by atoms with Crippen LogP contribution in [0.4, 0.5) is 10.5 Å². The molecule has 0 aromatic heterocycles. The van der Waals surface area contributed by atoms with E-state index < -0.39 is 23.7 Å². The van der Waals surface area contributed by atoms with Gasteiger partial charge in [0, 0.05) is 24.1 Å². The van der Waals surface area contributed by atoms with Crippen molar-refractivity contribution in [1.29, 1.82) is 0 Å². The van der Waals surface area contributed by atoms with Crippen molar-refractivity contribution in [2.24, 2.45) is 22.7 Å². The molecule has 4 N–H and O–H groups in total. The van der Waals surface area contributed by atoms with Gasteiger partial charge in [-0.2, -0.15) is 0 Å². The van der Waals surface area contributed by atoms with E-state index in [1.54, 1.807) is 17.0 Å². The zero-order valence-corrected chi connectivity index (χ0v) is 20.9. The minimum absolute atomic E-state index is 0.0150. The molecular weight excluding hydrogens is 448 g/mol. The normalized spacial score (nSPS) is 36.9. The first-order valence-corrected chi connectivity index (χ1v) is 12.9. The monoisotopic (exact) mass is 488 g/mol. The van der Waals surface area contributed by atoms with E-state index in [4.69, 9.17) is 4.74 Å². The van der Waals surface area contributed by atoms with Gasteiger partial charge in [-0.25, -0.2) is 4.79 Å². The third kappa shape index (κ3) is 4.93. The van der Waals surface area contributed by atoms with Crippen LogP contribution in [0.5, 0.6) is 0 Å². The molecule has 7 unspecified atom stereocenters. The van der Waals surface area contributed by atoms with E-state index in [1.165, 1.54) is 0 Å². The molecule has 3 fully saturated rings. The highest BCUT2D eigenvalue weighted by molar-refractivity contribution is 5.84. The molecule has 0 bridgehead atoms. The second kappa shape index (κ2) is 10.4. The summed E-state index contributed by atoms with van der Waals surface area (Å²) < 4.78 is 5.87. The number of hydrogen-bond acceptors (Lipinski definition) is 6. The van der Waals surface area contributed by atoms with E-state index in [0.29, 0.717) is 37.9 Å². The maximum atomic E-state index is 13.2. The quantitative estimate of drug-likeness (QED) is 0.488. The molecule has 1 heterocycles. The van der Waals surface area contributed by atoms with Crippen LogP contribution < -0.4 is 5.32 Å². The number of rotatable bonds is 6. The molecule has 3 aliphatic rings. The van der Waals surface area contributed by atoms with Crippen molar-refractivity contribution in [1.82, 2.24) is 4.90 Å². The van der Waals surface area contributed by atoms with Crippen molar-refractivity contribution < 1.29 is 29.6 Å². The van der Waals surface area contributed by atoms with Crippen LogP contribution >= 0.6 is 0 Å². The Balaban J connectivity index is 1.50. The van der Waals surface area contributed by atoms with Crippen LogP contribution in [0.25, 0.3) is 0 Å². The number of likely N-dealkylation sites (tertiary alicyclic amines) is 1. The number of aliphatic hydroxyl groups excluding tert-OH is 3. The SMILES string of the molecule is CC1(CO)C(OC(=O)Nc2ccccc2)CCC2(C)C(CC(=O)N3CCCC3CO)C(O)CCC12. The zero-order chi connectivity index (χ0) is 25.2. The highest BCUT2D eigenvalue weighted by atomic mass is 16.6. The van der Waals surface area contributed by atoms with Gasteiger partial charge >= 0.3 is 6.09 Å². The summed E-state index contributed by atoms with van der Waals surface area (Å²) in [6.45, 7) is 4.55. The first-order valence-electron chi connectivity index (χ1n) is 12.9. The van der Waals surface area contributed by atoms with Gasteiger partial charge in [-0.05, 0) is 67.9 Å². The number of benzene rings is 1. The molecule has 1 aromatic rings. The summed E-state index contributed by atoms with van der Waals surface area (Å²) in [6, 6.07) is 8.97. The second-order valence-electron chi connectivity index (χ2n) is 11.2. The number of aliphatic hydroxyl groups is 3. The number of nitrogens with one attached hydrogen (secondary N) is 1. The fourth-order valence-corrected chi connectivity index (χ4v) is 7.24. The van der Waals surface area contributed by atoms with Crippen molar-refractivity contribution in [3.8, 4) is 0 Å². The lowest BCUT2D eigenvalue weighted by Gasteiger charge is -2.60. The van der Waals surface area contributed by atoms with E-state index in [-0.39, 0.29) is 48.8 Å². The summed E-state index contributed by atoms with van der Waals surface area (Å²) >= 11 is 0. The Labute approximate surface area is 207 Å². The number of nitrogens with zero attached hydrogens (tertiary/aromatic N) is 1. The van der Waals surface area contributed by atoms with E-state index in [1.807, 2.05) is 25.1 Å². The maximum Gasteiger partial charge on any atom is 0.411 e. The van der Waals surface area contributed by atoms with E-state index in [9.17, 15) is 24.9 Å². The van der Waals surface area contributed by atoms with Crippen molar-refractivity contribution in [2.45, 2.75) is 77.0 Å². The molecule has 35 heavy (non-hydrogen) atoms. The summed E-state index contributed by atoms with van der Waals surface area (Å²) in [7, 11) is 0. The first kappa shape index (κ1) is 25.9. The lowest BCUT2D eigenvalue weighted by Crippen LogP contribution is -2.61. The average molecular weight is 489 g/mol. The number of anilines is 1. The summed E-state index contributed by atoms with van der Waals surface area (Å²) in [5.74, 6) is -0.283. The predicted octanol–water partition coefficient (Wildman–Crippen LogP) is 3.16. The molecule has 2 aliphatic carbocycles. The van der Waals surface area contributed by atoms with Gasteiger partial charge in [0.15, 0.2) is 0 Å². The molecule has 7 atom stereocenters. The average Bonchev–Trinajstić information content (AvgIpc) is 3.33. The molecular formula is C27H40N2O6. The molecule has 2 amide bonds. The number of para-hydroxylation sites is 1. The third-order valence-electron chi connectivity index (χ3n) is 9.25. The number of hydrogen-bond donors (Lipinski definition) is 4. The summed E-state index contributed by atoms with van der Waals surface area (Å²) in [5.41, 5.74) is -0.426. The first-order chi connectivity index (χ1) is 16.7. The van der Waals surface area contributed by atoms with Crippen LogP contribution in [0, 0.1) is 22.7 Å². The Morgan fingerprint density at radius 2 is 1.86 bits per heavy atom. The van der Waals surface area contributed by atoms with Gasteiger partial charge in [0.1, 0.15) is 6.10 Å². The Morgan fingerprint density at radius 3 is 2.54 bits per heavy atom. The van der Waals surface area contributed by atoms with Gasteiger partial charge in [0.2, 0.25) is 5.91 Å². The van der Waals surface area contributed by atoms with Crippen LogP contribution in [0.2, 0.25) is 0 Å². The smallest absolute Gasteiger partial charge is 0.411 e. The fraction of sp³-hybridized carbons (Fsp3) is 0.704. The molecule has 194 valence electrons. The van der Waals surface area contributed by atoms with Gasteiger partial charge < -0.3 is 25.0 Å². The molecule has 0 spiro atoms. The van der Waals surface area contributed by atoms with Crippen LogP contribution in [-0.4, -0.2) is 70.2 Å². The molecule has 4 rings (SSSR count). The predicted molar refractivity (Wildman–Crippen MR) is 132 cm³/mol. The van der Waals surface area contributed by atoms with Gasteiger partial charge in [-0.3, -0.25) is 10.1 Å². The molecule has 1 aliphatic heterocycles. The second-order valence-corrected chi connectivity index (χ2v) is 11.2. The van der Waals surface area contributed by atoms with Gasteiger partial charge in [0.25, 0.3) is 0 Å². The number of amides is 2. The lowest BCUT2D eigenvalue weighted by molar-refractivity contribution is -0.186. The standard InChI is InChI=1S/C27H40N2O6/c1-26-13-12-23(35-25(34)28-18-7-4-3-5-8-18)27(2,17-31)22(26)11-10-21(32)20(26)15-24(33)29-14-6-9-19(29)16-30/h3-5,7-8,19-23,30-32H,6,9-17H2,1-2H3,(H,28,34). The summed E-state index contributed by atoms with van der Waals surface area (Å²) in [4.78, 5) is 27.7. The maximum absolute atomic E-state index is 13.2. The number of carbonyl (C=O) groups excluding carboxylic acids is 2. The van der Waals surface area contributed by atoms with Crippen LogP contribution in [0.15, 0.2) is 30.3 Å². The van der Waals surface area contributed by atoms with Gasteiger partial charge in [0.05, 0.1) is 25.4 Å². The number of fused-ring (bicyclic) bond motifs is 1. The Bertz CT molecular complexity index is 897. The fourth-order valence-electron chi connectivity index (χ4n) is 7.24. The highest BCUT2D eigenvalue weighted by Crippen LogP contribution is 2.61. The van der Waals surface area contributed by atoms with Crippen LogP contribution in [-0.2, 0) is 9.53 Å². The van der Waals surface area contributed by atoms with Gasteiger partial charge in [-0.15, -0.1) is 0 Å². The van der Waals surface area contributed by atoms with E-state index in [2.05, 4.69) is 12.2 Å². The van der Waals surface area contributed by atoms with Crippen LogP contribution in [0.3, 0.4) is 0 Å². The van der Waals surface area contributed by atoms with Crippen LogP contribution in [0.1, 0.15) is 58.8 Å². The Kier molecular flexibility index (Phi) is 7.74. The molecule has 8 nitrogen and oxygen atoms in total. The minimum atomic E-state index is -0.691. The van der Waals surface area contributed by atoms with Crippen molar-refractivity contribution in [3.05, 3.63) is 30.3 Å². The van der Waals surface area contributed by atoms with Crippen molar-refractivity contribution in [2.75, 3.05) is 25.1 Å². The largest absolute Gasteiger partial charge is 0.445 e. The topological polar surface area (TPSA) is 119 Å². The molecule has 2 saturated carbocycles. The number of ether oxygens (including phenoxy) is 1. The van der Waals surface area contributed by atoms with Crippen molar-refractivity contribution >= 4 is 17.7 Å². The third-order valence-corrected chi connectivity index (χ3v) is 9.25. The minimum Gasteiger partial charge on any atom is -0.445 e. The number of carbonyl (C=O) groups is 2. The van der Waals surface area contributed by atoms with Crippen molar-refractivity contribution in [3.63, 3.8) is 0 Å². The highest BCUT2D eigenvalue weighted by Gasteiger charge is 2.60.